The monoisotopic (exact) mass is 237 g/mol. The molecule has 1 aromatic rings. The maximum absolute atomic E-state index is 6.28. The SMILES string of the molecule is Cc1nc(C2CCOCC2)c(N)n1C(C)(C)C. The van der Waals surface area contributed by atoms with Crippen molar-refractivity contribution in [2.75, 3.05) is 18.9 Å². The molecule has 0 bridgehead atoms. The first-order valence-corrected chi connectivity index (χ1v) is 6.34. The number of nitrogens with two attached hydrogens (primary N) is 1. The maximum Gasteiger partial charge on any atom is 0.127 e. The highest BCUT2D eigenvalue weighted by molar-refractivity contribution is 5.41. The van der Waals surface area contributed by atoms with Gasteiger partial charge in [0.1, 0.15) is 11.6 Å². The fourth-order valence-corrected chi connectivity index (χ4v) is 2.69. The molecule has 0 radical (unpaired) electrons. The van der Waals surface area contributed by atoms with Gasteiger partial charge >= 0.3 is 0 Å². The summed E-state index contributed by atoms with van der Waals surface area (Å²) >= 11 is 0. The van der Waals surface area contributed by atoms with Crippen LogP contribution in [-0.4, -0.2) is 22.8 Å². The fraction of sp³-hybridized carbons (Fsp3) is 0.769. The van der Waals surface area contributed by atoms with Crippen LogP contribution in [0, 0.1) is 6.92 Å². The number of imidazole rings is 1. The van der Waals surface area contributed by atoms with Crippen molar-refractivity contribution in [3.63, 3.8) is 0 Å². The van der Waals surface area contributed by atoms with Crippen molar-refractivity contribution in [2.24, 2.45) is 0 Å². The second-order valence-electron chi connectivity index (χ2n) is 5.82. The van der Waals surface area contributed by atoms with Gasteiger partial charge in [-0.15, -0.1) is 0 Å². The Balaban J connectivity index is 2.36. The lowest BCUT2D eigenvalue weighted by Gasteiger charge is -2.25. The molecule has 0 aliphatic carbocycles. The molecule has 0 amide bonds. The van der Waals surface area contributed by atoms with Gasteiger partial charge in [-0.3, -0.25) is 0 Å². The maximum atomic E-state index is 6.28. The van der Waals surface area contributed by atoms with E-state index in [2.05, 4.69) is 30.3 Å². The molecule has 0 atom stereocenters. The lowest BCUT2D eigenvalue weighted by atomic mass is 9.96. The Labute approximate surface area is 103 Å². The van der Waals surface area contributed by atoms with Crippen LogP contribution in [0.4, 0.5) is 5.82 Å². The van der Waals surface area contributed by atoms with Gasteiger partial charge in [-0.05, 0) is 40.5 Å². The van der Waals surface area contributed by atoms with Crippen molar-refractivity contribution in [2.45, 2.75) is 52.0 Å². The molecule has 4 nitrogen and oxygen atoms in total. The first-order chi connectivity index (χ1) is 7.91. The lowest BCUT2D eigenvalue weighted by Crippen LogP contribution is -2.25. The van der Waals surface area contributed by atoms with E-state index in [1.807, 2.05) is 6.92 Å². The summed E-state index contributed by atoms with van der Waals surface area (Å²) in [6, 6.07) is 0. The normalized spacial score (nSPS) is 18.6. The molecule has 2 heterocycles. The summed E-state index contributed by atoms with van der Waals surface area (Å²) in [5, 5.41) is 0. The number of rotatable bonds is 1. The number of nitrogen functional groups attached to an aromatic ring is 1. The summed E-state index contributed by atoms with van der Waals surface area (Å²) < 4.78 is 7.53. The minimum Gasteiger partial charge on any atom is -0.384 e. The molecule has 0 unspecified atom stereocenters. The predicted octanol–water partition coefficient (Wildman–Crippen LogP) is 2.42. The molecule has 0 spiro atoms. The van der Waals surface area contributed by atoms with Crippen molar-refractivity contribution in [1.29, 1.82) is 0 Å². The van der Waals surface area contributed by atoms with E-state index in [0.717, 1.165) is 43.4 Å². The van der Waals surface area contributed by atoms with Crippen LogP contribution in [-0.2, 0) is 10.3 Å². The van der Waals surface area contributed by atoms with E-state index in [1.54, 1.807) is 0 Å². The van der Waals surface area contributed by atoms with Crippen LogP contribution < -0.4 is 5.73 Å². The number of nitrogens with zero attached hydrogens (tertiary/aromatic N) is 2. The third-order valence-electron chi connectivity index (χ3n) is 3.39. The second-order valence-corrected chi connectivity index (χ2v) is 5.82. The third-order valence-corrected chi connectivity index (χ3v) is 3.39. The minimum atomic E-state index is -0.00934. The smallest absolute Gasteiger partial charge is 0.127 e. The van der Waals surface area contributed by atoms with E-state index in [9.17, 15) is 0 Å². The summed E-state index contributed by atoms with van der Waals surface area (Å²) in [7, 11) is 0. The van der Waals surface area contributed by atoms with Gasteiger partial charge in [0, 0.05) is 24.7 Å². The van der Waals surface area contributed by atoms with Crippen molar-refractivity contribution in [3.8, 4) is 0 Å². The zero-order valence-electron chi connectivity index (χ0n) is 11.3. The summed E-state index contributed by atoms with van der Waals surface area (Å²) in [5.41, 5.74) is 7.34. The molecule has 96 valence electrons. The van der Waals surface area contributed by atoms with Gasteiger partial charge in [0.15, 0.2) is 0 Å². The number of hydrogen-bond donors (Lipinski definition) is 1. The number of anilines is 1. The zero-order valence-corrected chi connectivity index (χ0v) is 11.3. The number of aryl methyl sites for hydroxylation is 1. The van der Waals surface area contributed by atoms with Gasteiger partial charge in [0.25, 0.3) is 0 Å². The van der Waals surface area contributed by atoms with E-state index in [0.29, 0.717) is 5.92 Å². The summed E-state index contributed by atoms with van der Waals surface area (Å²) in [5.74, 6) is 2.31. The van der Waals surface area contributed by atoms with Crippen molar-refractivity contribution in [1.82, 2.24) is 9.55 Å². The summed E-state index contributed by atoms with van der Waals surface area (Å²) in [6.07, 6.45) is 2.07. The van der Waals surface area contributed by atoms with E-state index in [4.69, 9.17) is 10.5 Å². The molecule has 4 heteroatoms. The average molecular weight is 237 g/mol. The van der Waals surface area contributed by atoms with E-state index < -0.39 is 0 Å². The molecule has 2 N–H and O–H groups in total. The van der Waals surface area contributed by atoms with Gasteiger partial charge in [-0.1, -0.05) is 0 Å². The first kappa shape index (κ1) is 12.4. The second kappa shape index (κ2) is 4.33. The fourth-order valence-electron chi connectivity index (χ4n) is 2.69. The molecule has 2 rings (SSSR count). The lowest BCUT2D eigenvalue weighted by molar-refractivity contribution is 0.0847. The van der Waals surface area contributed by atoms with Gasteiger partial charge in [-0.25, -0.2) is 4.98 Å². The van der Waals surface area contributed by atoms with Crippen molar-refractivity contribution < 1.29 is 4.74 Å². The topological polar surface area (TPSA) is 53.1 Å². The molecule has 1 aromatic heterocycles. The molecular weight excluding hydrogens is 214 g/mol. The van der Waals surface area contributed by atoms with Gasteiger partial charge < -0.3 is 15.0 Å². The quantitative estimate of drug-likeness (QED) is 0.816. The van der Waals surface area contributed by atoms with Crippen LogP contribution in [0.2, 0.25) is 0 Å². The Kier molecular flexibility index (Phi) is 3.17. The van der Waals surface area contributed by atoms with Gasteiger partial charge in [-0.2, -0.15) is 0 Å². The highest BCUT2D eigenvalue weighted by Crippen LogP contribution is 2.33. The van der Waals surface area contributed by atoms with Crippen LogP contribution in [0.5, 0.6) is 0 Å². The highest BCUT2D eigenvalue weighted by Gasteiger charge is 2.27. The molecule has 1 aliphatic rings. The Hall–Kier alpha value is -1.03. The minimum absolute atomic E-state index is 0.00934. The van der Waals surface area contributed by atoms with E-state index in [1.165, 1.54) is 0 Å². The Morgan fingerprint density at radius 1 is 1.29 bits per heavy atom. The zero-order chi connectivity index (χ0) is 12.6. The standard InChI is InChI=1S/C13H23N3O/c1-9-15-11(10-5-7-17-8-6-10)12(14)16(9)13(2,3)4/h10H,5-8,14H2,1-4H3. The van der Waals surface area contributed by atoms with Gasteiger partial charge in [0.05, 0.1) is 5.69 Å². The number of aromatic nitrogens is 2. The Morgan fingerprint density at radius 2 is 1.88 bits per heavy atom. The van der Waals surface area contributed by atoms with Crippen LogP contribution >= 0.6 is 0 Å². The van der Waals surface area contributed by atoms with Crippen LogP contribution in [0.3, 0.4) is 0 Å². The van der Waals surface area contributed by atoms with Crippen molar-refractivity contribution in [3.05, 3.63) is 11.5 Å². The Morgan fingerprint density at radius 3 is 2.35 bits per heavy atom. The molecule has 1 fully saturated rings. The summed E-state index contributed by atoms with van der Waals surface area (Å²) in [6.45, 7) is 10.2. The average Bonchev–Trinajstić information content (AvgIpc) is 2.54. The Bertz CT molecular complexity index is 398. The van der Waals surface area contributed by atoms with E-state index >= 15 is 0 Å². The molecule has 1 aliphatic heterocycles. The highest BCUT2D eigenvalue weighted by atomic mass is 16.5. The third kappa shape index (κ3) is 2.32. The largest absolute Gasteiger partial charge is 0.384 e. The van der Waals surface area contributed by atoms with Crippen LogP contribution in [0.25, 0.3) is 0 Å². The molecule has 0 aromatic carbocycles. The first-order valence-electron chi connectivity index (χ1n) is 6.34. The summed E-state index contributed by atoms with van der Waals surface area (Å²) in [4.78, 5) is 4.68. The van der Waals surface area contributed by atoms with Crippen molar-refractivity contribution >= 4 is 5.82 Å². The molecular formula is C13H23N3O. The van der Waals surface area contributed by atoms with Gasteiger partial charge in [0.2, 0.25) is 0 Å². The molecule has 0 saturated carbocycles. The van der Waals surface area contributed by atoms with Crippen LogP contribution in [0.1, 0.15) is 51.0 Å². The molecule has 17 heavy (non-hydrogen) atoms. The number of ether oxygens (including phenoxy) is 1. The molecule has 1 saturated heterocycles. The van der Waals surface area contributed by atoms with E-state index in [-0.39, 0.29) is 5.54 Å². The predicted molar refractivity (Wildman–Crippen MR) is 69.2 cm³/mol. The van der Waals surface area contributed by atoms with Crippen LogP contribution in [0.15, 0.2) is 0 Å². The number of hydrogen-bond acceptors (Lipinski definition) is 3.